The van der Waals surface area contributed by atoms with Gasteiger partial charge in [-0.3, -0.25) is 10.0 Å². The average Bonchev–Trinajstić information content (AvgIpc) is 2.41. The second kappa shape index (κ2) is 5.88. The number of allylic oxidation sites excluding steroid dienone is 3. The van der Waals surface area contributed by atoms with E-state index in [1.54, 1.807) is 30.4 Å². The summed E-state index contributed by atoms with van der Waals surface area (Å²) >= 11 is 0. The standard InChI is InChI=1S/C14H13N3O2/c1-11-5-7-12(8-6-11)14(18)16-15-10-13-4-2-3-9-17(13)19/h2-10,19H,1H3/b13-10-,16-15?. The molecule has 1 aromatic rings. The van der Waals surface area contributed by atoms with E-state index in [4.69, 9.17) is 0 Å². The molecule has 1 N–H and O–H groups in total. The molecule has 5 nitrogen and oxygen atoms in total. The smallest absolute Gasteiger partial charge is 0.284 e. The van der Waals surface area contributed by atoms with Gasteiger partial charge < -0.3 is 0 Å². The second-order valence-corrected chi connectivity index (χ2v) is 3.99. The van der Waals surface area contributed by atoms with Crippen molar-refractivity contribution in [3.63, 3.8) is 0 Å². The number of hydrogen-bond donors (Lipinski definition) is 1. The van der Waals surface area contributed by atoms with Crippen LogP contribution in [0.1, 0.15) is 15.9 Å². The number of nitrogens with zero attached hydrogens (tertiary/aromatic N) is 3. The first-order valence-electron chi connectivity index (χ1n) is 5.72. The maximum absolute atomic E-state index is 11.7. The number of aryl methyl sites for hydroxylation is 1. The number of azo groups is 1. The Kier molecular flexibility index (Phi) is 4.00. The van der Waals surface area contributed by atoms with Crippen LogP contribution in [0, 0.1) is 6.92 Å². The fourth-order valence-corrected chi connectivity index (χ4v) is 1.44. The topological polar surface area (TPSA) is 65.3 Å². The van der Waals surface area contributed by atoms with Crippen LogP contribution in [0.3, 0.4) is 0 Å². The zero-order valence-electron chi connectivity index (χ0n) is 10.4. The van der Waals surface area contributed by atoms with Crippen LogP contribution in [-0.4, -0.2) is 16.2 Å². The van der Waals surface area contributed by atoms with E-state index in [1.165, 1.54) is 12.4 Å². The maximum atomic E-state index is 11.7. The zero-order chi connectivity index (χ0) is 13.7. The molecule has 1 heterocycles. The van der Waals surface area contributed by atoms with E-state index < -0.39 is 5.91 Å². The number of amides is 1. The van der Waals surface area contributed by atoms with Gasteiger partial charge in [0.05, 0.1) is 11.9 Å². The van der Waals surface area contributed by atoms with E-state index in [-0.39, 0.29) is 0 Å². The lowest BCUT2D eigenvalue weighted by Crippen LogP contribution is -2.10. The van der Waals surface area contributed by atoms with Gasteiger partial charge >= 0.3 is 0 Å². The van der Waals surface area contributed by atoms with E-state index in [0.29, 0.717) is 11.3 Å². The Balaban J connectivity index is 2.05. The third kappa shape index (κ3) is 3.46. The molecule has 0 unspecified atom stereocenters. The maximum Gasteiger partial charge on any atom is 0.295 e. The summed E-state index contributed by atoms with van der Waals surface area (Å²) in [5.74, 6) is -0.420. The van der Waals surface area contributed by atoms with Gasteiger partial charge in [-0.15, -0.1) is 5.11 Å². The molecule has 1 aliphatic heterocycles. The summed E-state index contributed by atoms with van der Waals surface area (Å²) in [6.07, 6.45) is 7.84. The summed E-state index contributed by atoms with van der Waals surface area (Å²) < 4.78 is 0. The molecule has 0 fully saturated rings. The van der Waals surface area contributed by atoms with E-state index >= 15 is 0 Å². The van der Waals surface area contributed by atoms with Crippen LogP contribution in [0.4, 0.5) is 0 Å². The van der Waals surface area contributed by atoms with E-state index in [9.17, 15) is 10.0 Å². The summed E-state index contributed by atoms with van der Waals surface area (Å²) in [5.41, 5.74) is 1.99. The molecule has 0 aromatic heterocycles. The van der Waals surface area contributed by atoms with Gasteiger partial charge in [0.2, 0.25) is 0 Å². The molecule has 5 heteroatoms. The fourth-order valence-electron chi connectivity index (χ4n) is 1.44. The highest BCUT2D eigenvalue weighted by atomic mass is 16.5. The van der Waals surface area contributed by atoms with Gasteiger partial charge in [0.15, 0.2) is 0 Å². The SMILES string of the molecule is Cc1ccc(C(=O)N=N/C=C2/C=CC=CN2O)cc1. The highest BCUT2D eigenvalue weighted by Crippen LogP contribution is 2.10. The molecule has 19 heavy (non-hydrogen) atoms. The Hall–Kier alpha value is -2.53. The van der Waals surface area contributed by atoms with Crippen LogP contribution < -0.4 is 0 Å². The van der Waals surface area contributed by atoms with Crippen LogP contribution in [0.25, 0.3) is 0 Å². The first-order valence-corrected chi connectivity index (χ1v) is 5.72. The Labute approximate surface area is 110 Å². The van der Waals surface area contributed by atoms with Gasteiger partial charge in [-0.1, -0.05) is 23.8 Å². The Morgan fingerprint density at radius 1 is 1.26 bits per heavy atom. The van der Waals surface area contributed by atoms with Crippen molar-refractivity contribution in [1.82, 2.24) is 5.06 Å². The quantitative estimate of drug-likeness (QED) is 0.825. The van der Waals surface area contributed by atoms with Crippen LogP contribution in [0.5, 0.6) is 0 Å². The fraction of sp³-hybridized carbons (Fsp3) is 0.0714. The van der Waals surface area contributed by atoms with E-state index in [2.05, 4.69) is 10.2 Å². The van der Waals surface area contributed by atoms with Crippen molar-refractivity contribution in [1.29, 1.82) is 0 Å². The molecule has 0 radical (unpaired) electrons. The van der Waals surface area contributed by atoms with Crippen LogP contribution >= 0.6 is 0 Å². The van der Waals surface area contributed by atoms with E-state index in [0.717, 1.165) is 10.6 Å². The lowest BCUT2D eigenvalue weighted by Gasteiger charge is -2.13. The largest absolute Gasteiger partial charge is 0.295 e. The third-order valence-corrected chi connectivity index (χ3v) is 2.51. The number of carbonyl (C=O) groups is 1. The van der Waals surface area contributed by atoms with Gasteiger partial charge in [0.25, 0.3) is 5.91 Å². The van der Waals surface area contributed by atoms with Crippen molar-refractivity contribution in [2.75, 3.05) is 0 Å². The molecule has 0 atom stereocenters. The predicted octanol–water partition coefficient (Wildman–Crippen LogP) is 3.20. The van der Waals surface area contributed by atoms with Gasteiger partial charge in [-0.2, -0.15) is 5.11 Å². The first-order chi connectivity index (χ1) is 9.16. The van der Waals surface area contributed by atoms with Crippen LogP contribution in [0.15, 0.2) is 70.8 Å². The molecule has 0 spiro atoms. The molecule has 0 bridgehead atoms. The van der Waals surface area contributed by atoms with Crippen molar-refractivity contribution < 1.29 is 10.0 Å². The van der Waals surface area contributed by atoms with Crippen molar-refractivity contribution in [3.05, 3.63) is 71.7 Å². The first kappa shape index (κ1) is 12.9. The molecule has 0 saturated heterocycles. The van der Waals surface area contributed by atoms with E-state index in [1.807, 2.05) is 19.1 Å². The molecule has 96 valence electrons. The monoisotopic (exact) mass is 255 g/mol. The molecule has 1 amide bonds. The number of hydroxylamine groups is 2. The average molecular weight is 255 g/mol. The van der Waals surface area contributed by atoms with Crippen molar-refractivity contribution >= 4 is 5.91 Å². The number of hydrogen-bond acceptors (Lipinski definition) is 4. The summed E-state index contributed by atoms with van der Waals surface area (Å²) in [6, 6.07) is 7.08. The lowest BCUT2D eigenvalue weighted by atomic mass is 10.1. The number of benzene rings is 1. The van der Waals surface area contributed by atoms with Gasteiger partial charge in [-0.25, -0.2) is 5.06 Å². The van der Waals surface area contributed by atoms with Crippen LogP contribution in [0.2, 0.25) is 0 Å². The Morgan fingerprint density at radius 2 is 2.00 bits per heavy atom. The molecule has 0 saturated carbocycles. The highest BCUT2D eigenvalue weighted by Gasteiger charge is 2.04. The summed E-state index contributed by atoms with van der Waals surface area (Å²) in [7, 11) is 0. The van der Waals surface area contributed by atoms with Gasteiger partial charge in [-0.05, 0) is 31.2 Å². The molecular weight excluding hydrogens is 242 g/mol. The third-order valence-electron chi connectivity index (χ3n) is 2.51. The molecule has 2 rings (SSSR count). The number of carbonyl (C=O) groups excluding carboxylic acids is 1. The summed E-state index contributed by atoms with van der Waals surface area (Å²) in [6.45, 7) is 1.94. The molecule has 0 aliphatic carbocycles. The normalized spacial score (nSPS) is 16.5. The second-order valence-electron chi connectivity index (χ2n) is 3.99. The minimum Gasteiger partial charge on any atom is -0.284 e. The summed E-state index contributed by atoms with van der Waals surface area (Å²) in [5, 5.41) is 17.6. The minimum atomic E-state index is -0.420. The molecule has 1 aromatic carbocycles. The molecule has 1 aliphatic rings. The van der Waals surface area contributed by atoms with Crippen molar-refractivity contribution in [2.24, 2.45) is 10.2 Å². The number of rotatable bonds is 2. The van der Waals surface area contributed by atoms with Gasteiger partial charge in [0.1, 0.15) is 0 Å². The van der Waals surface area contributed by atoms with Crippen LogP contribution in [-0.2, 0) is 0 Å². The lowest BCUT2D eigenvalue weighted by molar-refractivity contribution is -0.000530. The highest BCUT2D eigenvalue weighted by molar-refractivity contribution is 5.94. The van der Waals surface area contributed by atoms with Crippen molar-refractivity contribution in [2.45, 2.75) is 6.92 Å². The van der Waals surface area contributed by atoms with Gasteiger partial charge in [0, 0.05) is 11.8 Å². The summed E-state index contributed by atoms with van der Waals surface area (Å²) in [4.78, 5) is 11.7. The minimum absolute atomic E-state index is 0.420. The predicted molar refractivity (Wildman–Crippen MR) is 70.4 cm³/mol. The zero-order valence-corrected chi connectivity index (χ0v) is 10.4. The Bertz CT molecular complexity index is 583. The molecular formula is C14H13N3O2. The Morgan fingerprint density at radius 3 is 2.68 bits per heavy atom. The van der Waals surface area contributed by atoms with Crippen molar-refractivity contribution in [3.8, 4) is 0 Å².